The Morgan fingerprint density at radius 3 is 2.67 bits per heavy atom. The maximum Gasteiger partial charge on any atom is 0.176 e. The van der Waals surface area contributed by atoms with E-state index in [-0.39, 0.29) is 43.1 Å². The summed E-state index contributed by atoms with van der Waals surface area (Å²) in [6.45, 7) is 9.75. The lowest BCUT2D eigenvalue weighted by Gasteiger charge is -2.24. The highest BCUT2D eigenvalue weighted by molar-refractivity contribution is 5.84. The molecule has 5 atom stereocenters. The molecule has 0 aromatic heterocycles. The van der Waals surface area contributed by atoms with Crippen LogP contribution in [0, 0.1) is 18.1 Å². The van der Waals surface area contributed by atoms with E-state index >= 15 is 0 Å². The molecule has 0 fully saturated rings. The van der Waals surface area contributed by atoms with Crippen LogP contribution < -0.4 is 15.4 Å². The predicted molar refractivity (Wildman–Crippen MR) is 171 cm³/mol. The van der Waals surface area contributed by atoms with Gasteiger partial charge in [0.1, 0.15) is 18.2 Å². The summed E-state index contributed by atoms with van der Waals surface area (Å²) in [6.07, 6.45) is 12.4. The second-order valence-corrected chi connectivity index (χ2v) is 11.7. The number of aliphatic hydroxyl groups excluding tert-OH is 3. The van der Waals surface area contributed by atoms with Crippen LogP contribution >= 0.6 is 0 Å². The van der Waals surface area contributed by atoms with Crippen LogP contribution in [0.15, 0.2) is 46.5 Å². The number of likely N-dealkylation sites (N-methyl/N-ethyl adjacent to an activating group) is 1. The molecular weight excluding hydrogens is 546 g/mol. The molecule has 1 aromatic rings. The van der Waals surface area contributed by atoms with Gasteiger partial charge in [-0.15, -0.1) is 4.99 Å². The highest BCUT2D eigenvalue weighted by Gasteiger charge is 2.35. The number of hydrogen-bond donors (Lipinski definition) is 6. The summed E-state index contributed by atoms with van der Waals surface area (Å²) in [5.74, 6) is 0.658. The van der Waals surface area contributed by atoms with Crippen LogP contribution in [0.3, 0.4) is 0 Å². The number of aliphatic hydroxyl groups is 3. The van der Waals surface area contributed by atoms with Gasteiger partial charge in [-0.25, -0.2) is 0 Å². The van der Waals surface area contributed by atoms with Crippen LogP contribution in [0.4, 0.5) is 0 Å². The number of rotatable bonds is 21. The molecule has 3 rings (SSSR count). The van der Waals surface area contributed by atoms with E-state index in [0.717, 1.165) is 67.5 Å². The largest absolute Gasteiger partial charge is 0.504 e. The number of hydrogen-bond acceptors (Lipinski definition) is 9. The minimum Gasteiger partial charge on any atom is -0.504 e. The molecule has 0 aliphatic carbocycles. The Hall–Kier alpha value is -2.53. The van der Waals surface area contributed by atoms with Gasteiger partial charge >= 0.3 is 0 Å². The van der Waals surface area contributed by atoms with E-state index in [2.05, 4.69) is 30.6 Å². The molecule has 0 bridgehead atoms. The summed E-state index contributed by atoms with van der Waals surface area (Å²) < 4.78 is 12.3. The third-order valence-electron chi connectivity index (χ3n) is 8.11. The van der Waals surface area contributed by atoms with Gasteiger partial charge in [-0.2, -0.15) is 11.6 Å². The number of benzene rings is 1. The maximum absolute atomic E-state index is 10.5. The van der Waals surface area contributed by atoms with Gasteiger partial charge in [0, 0.05) is 31.9 Å². The fraction of sp³-hybridized carbons (Fsp3) is 0.618. The zero-order valence-electron chi connectivity index (χ0n) is 26.4. The number of unbranched alkanes of at least 4 members (excludes halogenated alkanes) is 1. The average molecular weight is 600 g/mol. The first-order valence-corrected chi connectivity index (χ1v) is 16.0. The molecule has 0 amide bonds. The molecule has 2 aliphatic rings. The third kappa shape index (κ3) is 10.8. The fourth-order valence-corrected chi connectivity index (χ4v) is 5.50. The molecule has 9 heteroatoms. The zero-order valence-corrected chi connectivity index (χ0v) is 26.4. The number of ether oxygens (including phenoxy) is 2. The smallest absolute Gasteiger partial charge is 0.176 e. The predicted octanol–water partition coefficient (Wildman–Crippen LogP) is 4.01. The van der Waals surface area contributed by atoms with E-state index in [4.69, 9.17) is 14.5 Å². The second kappa shape index (κ2) is 18.3. The molecular formula is C34H53N3O6. The molecule has 240 valence electrons. The van der Waals surface area contributed by atoms with Gasteiger partial charge in [0.25, 0.3) is 0 Å². The number of aryl methyl sites for hydroxylation is 1. The van der Waals surface area contributed by atoms with Gasteiger partial charge in [-0.3, -0.25) is 5.32 Å². The van der Waals surface area contributed by atoms with Crippen LogP contribution in [0.2, 0.25) is 0 Å². The standard InChI is InChI=1S/C34H53N3O6/c1-5-7-10-33-27(21-39)17-28(43-33)13-11-25-12-14-32(41)34(16-25)42-22-31(35-6-2)30-18-26(20-37-30)24(4)29(9-8-15-38)36-19-23(3)40/h12,14,16-18,20,23-24,29,31,33,35-36,38-41H,5-11,13,15,19,21-22H2,1-4H3. The lowest BCUT2D eigenvalue weighted by Crippen LogP contribution is -2.40. The van der Waals surface area contributed by atoms with Crippen molar-refractivity contribution in [1.29, 1.82) is 0 Å². The van der Waals surface area contributed by atoms with E-state index in [1.54, 1.807) is 13.0 Å². The molecule has 5 unspecified atom stereocenters. The molecule has 6 N–H and O–H groups in total. The van der Waals surface area contributed by atoms with Crippen LogP contribution in [0.1, 0.15) is 71.8 Å². The van der Waals surface area contributed by atoms with Crippen molar-refractivity contribution in [2.75, 3.05) is 32.9 Å². The lowest BCUT2D eigenvalue weighted by atomic mass is 9.89. The fourth-order valence-electron chi connectivity index (χ4n) is 5.50. The van der Waals surface area contributed by atoms with Crippen LogP contribution in [-0.2, 0) is 11.2 Å². The zero-order chi connectivity index (χ0) is 31.2. The Bertz CT molecular complexity index is 1060. The average Bonchev–Trinajstić information content (AvgIpc) is 3.65. The van der Waals surface area contributed by atoms with Crippen molar-refractivity contribution in [3.05, 3.63) is 59.2 Å². The second-order valence-electron chi connectivity index (χ2n) is 11.7. The van der Waals surface area contributed by atoms with Crippen molar-refractivity contribution in [2.45, 2.75) is 96.9 Å². The molecule has 0 spiro atoms. The quantitative estimate of drug-likeness (QED) is 0.117. The summed E-state index contributed by atoms with van der Waals surface area (Å²) in [5.41, 5.74) is 3.06. The van der Waals surface area contributed by atoms with Crippen LogP contribution in [-0.4, -0.2) is 83.8 Å². The molecule has 2 heterocycles. The first-order valence-electron chi connectivity index (χ1n) is 16.0. The molecule has 1 aromatic carbocycles. The van der Waals surface area contributed by atoms with Gasteiger partial charge in [-0.05, 0) is 63.8 Å². The van der Waals surface area contributed by atoms with E-state index in [0.29, 0.717) is 31.7 Å². The Labute approximate surface area is 258 Å². The minimum absolute atomic E-state index is 0.0187. The summed E-state index contributed by atoms with van der Waals surface area (Å²) >= 11 is 0. The molecule has 0 saturated heterocycles. The van der Waals surface area contributed by atoms with Crippen molar-refractivity contribution >= 4 is 6.21 Å². The number of aromatic hydroxyl groups is 1. The highest BCUT2D eigenvalue weighted by Crippen LogP contribution is 2.33. The van der Waals surface area contributed by atoms with E-state index < -0.39 is 6.10 Å². The van der Waals surface area contributed by atoms with E-state index in [1.807, 2.05) is 31.3 Å². The number of phenolic OH excluding ortho intramolecular Hbond substituents is 1. The van der Waals surface area contributed by atoms with Crippen molar-refractivity contribution in [3.8, 4) is 11.5 Å². The number of nitrogens with one attached hydrogen (secondary N) is 2. The van der Waals surface area contributed by atoms with Crippen molar-refractivity contribution < 1.29 is 29.9 Å². The van der Waals surface area contributed by atoms with Crippen molar-refractivity contribution in [1.82, 2.24) is 10.6 Å². The molecule has 0 radical (unpaired) electrons. The van der Waals surface area contributed by atoms with Crippen molar-refractivity contribution in [3.63, 3.8) is 0 Å². The third-order valence-corrected chi connectivity index (χ3v) is 8.11. The van der Waals surface area contributed by atoms with Crippen molar-refractivity contribution in [2.24, 2.45) is 10.9 Å². The Morgan fingerprint density at radius 1 is 1.16 bits per heavy atom. The van der Waals surface area contributed by atoms with Crippen LogP contribution in [0.5, 0.6) is 11.5 Å². The molecule has 43 heavy (non-hydrogen) atoms. The molecule has 9 nitrogen and oxygen atoms in total. The number of aliphatic imine (C=N–C) groups is 1. The van der Waals surface area contributed by atoms with E-state index in [9.17, 15) is 20.4 Å². The van der Waals surface area contributed by atoms with E-state index in [1.165, 1.54) is 0 Å². The summed E-state index contributed by atoms with van der Waals surface area (Å²) in [7, 11) is 0. The van der Waals surface area contributed by atoms with Gasteiger partial charge in [0.05, 0.1) is 18.1 Å². The van der Waals surface area contributed by atoms with Gasteiger partial charge in [0.15, 0.2) is 23.8 Å². The number of nitrogens with zero attached hydrogens (tertiary/aromatic N) is 1. The topological polar surface area (TPSA) is 136 Å². The summed E-state index contributed by atoms with van der Waals surface area (Å²) in [5, 5.41) is 46.3. The maximum atomic E-state index is 10.5. The van der Waals surface area contributed by atoms with Gasteiger partial charge in [0.2, 0.25) is 0 Å². The normalized spacial score (nSPS) is 19.4. The first kappa shape index (κ1) is 35.0. The Balaban J connectivity index is 1.60. The Morgan fingerprint density at radius 2 is 1.98 bits per heavy atom. The first-order chi connectivity index (χ1) is 20.8. The minimum atomic E-state index is -0.448. The number of phenols is 1. The van der Waals surface area contributed by atoms with Gasteiger partial charge in [-0.1, -0.05) is 45.3 Å². The molecule has 2 aliphatic heterocycles. The summed E-state index contributed by atoms with van der Waals surface area (Å²) in [6, 6.07) is 6.25. The van der Waals surface area contributed by atoms with Crippen LogP contribution in [0.25, 0.3) is 0 Å². The molecule has 0 saturated carbocycles. The SMILES string of the molecule is CCCCC1O[C-](CCc2ccc(O)c(OCC(NCC)[C+]3C=C(C(C)C(CCCO)NCC(C)O)C=N3)c2)C=C1CO. The lowest BCUT2D eigenvalue weighted by molar-refractivity contribution is 0.103. The summed E-state index contributed by atoms with van der Waals surface area (Å²) in [4.78, 5) is 4.71. The monoisotopic (exact) mass is 599 g/mol. The Kier molecular flexibility index (Phi) is 14.9. The van der Waals surface area contributed by atoms with Gasteiger partial charge < -0.3 is 35.2 Å². The highest BCUT2D eigenvalue weighted by atomic mass is 16.5.